The smallest absolute Gasteiger partial charge is 0.317 e. The fourth-order valence-corrected chi connectivity index (χ4v) is 2.81. The van der Waals surface area contributed by atoms with Crippen molar-refractivity contribution in [2.24, 2.45) is 11.8 Å². The molecule has 1 aliphatic heterocycles. The largest absolute Gasteiger partial charge is 0.391 e. The summed E-state index contributed by atoms with van der Waals surface area (Å²) in [6.45, 7) is 6.50. The van der Waals surface area contributed by atoms with E-state index in [4.69, 9.17) is 0 Å². The number of halogens is 2. The van der Waals surface area contributed by atoms with Gasteiger partial charge in [0.25, 0.3) is 0 Å². The van der Waals surface area contributed by atoms with Crippen molar-refractivity contribution in [1.82, 2.24) is 10.2 Å². The van der Waals surface area contributed by atoms with Gasteiger partial charge in [0, 0.05) is 24.7 Å². The van der Waals surface area contributed by atoms with Gasteiger partial charge in [-0.2, -0.15) is 0 Å². The van der Waals surface area contributed by atoms with Crippen molar-refractivity contribution in [3.8, 4) is 0 Å². The Hall–Kier alpha value is -1.69. The zero-order valence-corrected chi connectivity index (χ0v) is 13.7. The zero-order valence-electron chi connectivity index (χ0n) is 13.7. The van der Waals surface area contributed by atoms with E-state index in [0.29, 0.717) is 6.54 Å². The predicted octanol–water partition coefficient (Wildman–Crippen LogP) is 3.07. The van der Waals surface area contributed by atoms with Crippen LogP contribution in [0.25, 0.3) is 0 Å². The molecule has 3 unspecified atom stereocenters. The summed E-state index contributed by atoms with van der Waals surface area (Å²) >= 11 is 0. The minimum Gasteiger partial charge on any atom is -0.391 e. The first-order chi connectivity index (χ1) is 10.8. The number of carbonyl (C=O) groups excluding carboxylic acids is 1. The van der Waals surface area contributed by atoms with Crippen LogP contribution in [0.1, 0.15) is 38.8 Å². The highest BCUT2D eigenvalue weighted by molar-refractivity contribution is 5.75. The number of carbonyl (C=O) groups is 1. The van der Waals surface area contributed by atoms with E-state index in [1.165, 1.54) is 12.1 Å². The zero-order chi connectivity index (χ0) is 17.1. The van der Waals surface area contributed by atoms with Crippen LogP contribution >= 0.6 is 0 Å². The topological polar surface area (TPSA) is 52.6 Å². The molecule has 6 heteroatoms. The highest BCUT2D eigenvalue weighted by Crippen LogP contribution is 2.26. The molecule has 0 saturated carbocycles. The van der Waals surface area contributed by atoms with E-state index >= 15 is 0 Å². The molecule has 1 heterocycles. The second-order valence-corrected chi connectivity index (χ2v) is 6.62. The molecule has 1 aromatic rings. The molecule has 1 fully saturated rings. The van der Waals surface area contributed by atoms with Crippen molar-refractivity contribution in [2.75, 3.05) is 13.1 Å². The molecule has 3 atom stereocenters. The van der Waals surface area contributed by atoms with Crippen molar-refractivity contribution >= 4 is 6.03 Å². The summed E-state index contributed by atoms with van der Waals surface area (Å²) in [5.41, 5.74) is 0.265. The molecule has 0 radical (unpaired) electrons. The van der Waals surface area contributed by atoms with Crippen molar-refractivity contribution in [2.45, 2.75) is 39.3 Å². The molecule has 0 aliphatic carbocycles. The lowest BCUT2D eigenvalue weighted by molar-refractivity contribution is 0.0426. The number of nitrogens with zero attached hydrogens (tertiary/aromatic N) is 1. The van der Waals surface area contributed by atoms with E-state index in [-0.39, 0.29) is 30.0 Å². The molecule has 1 aliphatic rings. The van der Waals surface area contributed by atoms with Gasteiger partial charge in [-0.25, -0.2) is 13.6 Å². The van der Waals surface area contributed by atoms with Crippen molar-refractivity contribution in [3.05, 3.63) is 35.4 Å². The molecule has 1 saturated heterocycles. The Morgan fingerprint density at radius 2 is 2.09 bits per heavy atom. The maximum absolute atomic E-state index is 14.0. The second kappa shape index (κ2) is 7.25. The first kappa shape index (κ1) is 17.7. The Bertz CT molecular complexity index is 566. The van der Waals surface area contributed by atoms with E-state index in [0.717, 1.165) is 12.5 Å². The van der Waals surface area contributed by atoms with E-state index in [1.54, 1.807) is 4.90 Å². The maximum atomic E-state index is 14.0. The molecule has 0 aromatic heterocycles. The number of hydrogen-bond acceptors (Lipinski definition) is 2. The van der Waals surface area contributed by atoms with Gasteiger partial charge in [-0.05, 0) is 24.3 Å². The minimum atomic E-state index is -0.670. The molecule has 0 bridgehead atoms. The van der Waals surface area contributed by atoms with Crippen molar-refractivity contribution < 1.29 is 18.7 Å². The van der Waals surface area contributed by atoms with Gasteiger partial charge in [0.1, 0.15) is 11.6 Å². The first-order valence-corrected chi connectivity index (χ1v) is 7.98. The van der Waals surface area contributed by atoms with Gasteiger partial charge < -0.3 is 15.3 Å². The van der Waals surface area contributed by atoms with Crippen LogP contribution in [0.5, 0.6) is 0 Å². The predicted molar refractivity (Wildman–Crippen MR) is 83.8 cm³/mol. The normalized spacial score (nSPS) is 23.0. The van der Waals surface area contributed by atoms with Crippen LogP contribution in [-0.2, 0) is 0 Å². The summed E-state index contributed by atoms with van der Waals surface area (Å²) < 4.78 is 27.1. The number of amides is 2. The summed E-state index contributed by atoms with van der Waals surface area (Å²) in [6.07, 6.45) is 0.181. The average molecular weight is 326 g/mol. The fraction of sp³-hybridized carbons (Fsp3) is 0.588. The molecule has 128 valence electrons. The lowest BCUT2D eigenvalue weighted by atomic mass is 9.95. The molecule has 2 amide bonds. The van der Waals surface area contributed by atoms with E-state index in [9.17, 15) is 18.7 Å². The van der Waals surface area contributed by atoms with Gasteiger partial charge in [0.15, 0.2) is 0 Å². The highest BCUT2D eigenvalue weighted by atomic mass is 19.1. The van der Waals surface area contributed by atoms with Crippen LogP contribution < -0.4 is 5.32 Å². The number of hydrogen-bond donors (Lipinski definition) is 2. The van der Waals surface area contributed by atoms with E-state index in [2.05, 4.69) is 5.32 Å². The van der Waals surface area contributed by atoms with Crippen LogP contribution in [0.3, 0.4) is 0 Å². The number of β-amino-alcohol motifs (C(OH)–C–C–N with tert-alkyl or cyclic N) is 1. The summed E-state index contributed by atoms with van der Waals surface area (Å²) in [5, 5.41) is 12.7. The van der Waals surface area contributed by atoms with E-state index in [1.807, 2.05) is 20.8 Å². The Morgan fingerprint density at radius 1 is 1.39 bits per heavy atom. The Kier molecular flexibility index (Phi) is 5.57. The number of aliphatic hydroxyl groups excluding tert-OH is 1. The molecule has 1 aromatic carbocycles. The van der Waals surface area contributed by atoms with Gasteiger partial charge >= 0.3 is 6.03 Å². The van der Waals surface area contributed by atoms with Crippen molar-refractivity contribution in [3.63, 3.8) is 0 Å². The molecular weight excluding hydrogens is 302 g/mol. The summed E-state index contributed by atoms with van der Waals surface area (Å²) in [4.78, 5) is 14.0. The average Bonchev–Trinajstić information content (AvgIpc) is 2.48. The number of nitrogens with one attached hydrogen (secondary N) is 1. The van der Waals surface area contributed by atoms with Crippen molar-refractivity contribution in [1.29, 1.82) is 0 Å². The van der Waals surface area contributed by atoms with Gasteiger partial charge in [-0.1, -0.05) is 26.8 Å². The number of urea groups is 1. The third-order valence-corrected chi connectivity index (χ3v) is 4.45. The number of likely N-dealkylation sites (tertiary alicyclic amines) is 1. The van der Waals surface area contributed by atoms with Crippen LogP contribution in [0.2, 0.25) is 0 Å². The number of aliphatic hydroxyl groups is 1. The second-order valence-electron chi connectivity index (χ2n) is 6.62. The molecule has 0 spiro atoms. The molecule has 4 nitrogen and oxygen atoms in total. The van der Waals surface area contributed by atoms with Gasteiger partial charge in [-0.15, -0.1) is 0 Å². The summed E-state index contributed by atoms with van der Waals surface area (Å²) in [7, 11) is 0. The maximum Gasteiger partial charge on any atom is 0.317 e. The highest BCUT2D eigenvalue weighted by Gasteiger charge is 2.30. The quantitative estimate of drug-likeness (QED) is 0.897. The van der Waals surface area contributed by atoms with Gasteiger partial charge in [0.2, 0.25) is 0 Å². The number of rotatable bonds is 3. The first-order valence-electron chi connectivity index (χ1n) is 7.98. The lowest BCUT2D eigenvalue weighted by Gasteiger charge is -2.35. The molecule has 23 heavy (non-hydrogen) atoms. The van der Waals surface area contributed by atoms with Gasteiger partial charge in [0.05, 0.1) is 12.1 Å². The monoisotopic (exact) mass is 326 g/mol. The van der Waals surface area contributed by atoms with Crippen LogP contribution in [0, 0.1) is 23.5 Å². The molecular formula is C17H24F2N2O2. The number of benzene rings is 1. The van der Waals surface area contributed by atoms with Crippen LogP contribution in [0.15, 0.2) is 18.2 Å². The summed E-state index contributed by atoms with van der Waals surface area (Å²) in [5.74, 6) is -1.22. The minimum absolute atomic E-state index is 0.0625. The third kappa shape index (κ3) is 4.19. The number of piperidine rings is 1. The lowest BCUT2D eigenvalue weighted by Crippen LogP contribution is -2.50. The Balaban J connectivity index is 2.12. The Labute approximate surface area is 135 Å². The fourth-order valence-electron chi connectivity index (χ4n) is 2.81. The summed E-state index contributed by atoms with van der Waals surface area (Å²) in [6, 6.07) is 2.48. The van der Waals surface area contributed by atoms with Crippen LogP contribution in [-0.4, -0.2) is 35.2 Å². The standard InChI is InChI=1S/C17H24F2N2O2/c1-10(2)16(13-5-4-12(18)8-14(13)19)20-17(23)21-7-6-11(3)15(22)9-21/h4-5,8,10-11,15-16,22H,6-7,9H2,1-3H3,(H,20,23). The SMILES string of the molecule is CC(C)C(NC(=O)N1CCC(C)C(O)C1)c1ccc(F)cc1F. The molecule has 2 rings (SSSR count). The third-order valence-electron chi connectivity index (χ3n) is 4.45. The van der Waals surface area contributed by atoms with Crippen LogP contribution in [0.4, 0.5) is 13.6 Å². The van der Waals surface area contributed by atoms with Gasteiger partial charge in [-0.3, -0.25) is 0 Å². The Morgan fingerprint density at radius 3 is 2.65 bits per heavy atom. The molecule has 2 N–H and O–H groups in total. The van der Waals surface area contributed by atoms with E-state index < -0.39 is 23.8 Å².